The van der Waals surface area contributed by atoms with Crippen LogP contribution < -0.4 is 10.1 Å². The third-order valence-electron chi connectivity index (χ3n) is 3.81. The summed E-state index contributed by atoms with van der Waals surface area (Å²) in [6.07, 6.45) is 0. The van der Waals surface area contributed by atoms with Gasteiger partial charge in [-0.05, 0) is 24.6 Å². The molecule has 134 valence electrons. The summed E-state index contributed by atoms with van der Waals surface area (Å²) in [6.45, 7) is 1.92. The molecule has 4 nitrogen and oxygen atoms in total. The van der Waals surface area contributed by atoms with E-state index in [1.165, 1.54) is 16.9 Å². The van der Waals surface area contributed by atoms with Crippen LogP contribution in [-0.2, 0) is 10.5 Å². The minimum Gasteiger partial charge on any atom is -0.497 e. The minimum atomic E-state index is -0.153. The number of ether oxygens (including phenoxy) is 1. The van der Waals surface area contributed by atoms with E-state index < -0.39 is 0 Å². The van der Waals surface area contributed by atoms with Gasteiger partial charge in [-0.2, -0.15) is 0 Å². The van der Waals surface area contributed by atoms with Crippen molar-refractivity contribution in [3.8, 4) is 17.0 Å². The Morgan fingerprint density at radius 2 is 2.04 bits per heavy atom. The van der Waals surface area contributed by atoms with E-state index in [1.807, 2.05) is 54.8 Å². The maximum Gasteiger partial charge on any atom is 0.238 e. The van der Waals surface area contributed by atoms with Crippen LogP contribution in [0.15, 0.2) is 60.0 Å². The molecule has 0 aliphatic rings. The van der Waals surface area contributed by atoms with E-state index in [9.17, 15) is 4.79 Å². The highest BCUT2D eigenvalue weighted by Crippen LogP contribution is 2.28. The molecule has 0 saturated carbocycles. The van der Waals surface area contributed by atoms with Crippen molar-refractivity contribution in [2.45, 2.75) is 17.9 Å². The summed E-state index contributed by atoms with van der Waals surface area (Å²) in [4.78, 5) is 16.9. The van der Waals surface area contributed by atoms with Crippen molar-refractivity contribution >= 4 is 34.1 Å². The number of methoxy groups -OCH3 is 1. The van der Waals surface area contributed by atoms with Crippen LogP contribution >= 0.6 is 23.1 Å². The van der Waals surface area contributed by atoms with Crippen LogP contribution in [0.2, 0.25) is 0 Å². The van der Waals surface area contributed by atoms with Crippen molar-refractivity contribution in [1.29, 1.82) is 0 Å². The van der Waals surface area contributed by atoms with Gasteiger partial charge in [0.2, 0.25) is 5.91 Å². The van der Waals surface area contributed by atoms with Gasteiger partial charge in [0.1, 0.15) is 5.75 Å². The van der Waals surface area contributed by atoms with Crippen LogP contribution in [0.25, 0.3) is 11.3 Å². The summed E-state index contributed by atoms with van der Waals surface area (Å²) in [5.74, 6) is 1.56. The molecule has 2 aromatic carbocycles. The fourth-order valence-corrected chi connectivity index (χ4v) is 3.89. The van der Waals surface area contributed by atoms with Gasteiger partial charge < -0.3 is 10.1 Å². The van der Waals surface area contributed by atoms with Crippen molar-refractivity contribution in [1.82, 2.24) is 4.98 Å². The average Bonchev–Trinajstić information content (AvgIpc) is 3.15. The molecule has 0 aliphatic heterocycles. The van der Waals surface area contributed by atoms with Crippen molar-refractivity contribution in [2.75, 3.05) is 12.4 Å². The highest BCUT2D eigenvalue weighted by molar-refractivity contribution is 7.99. The van der Waals surface area contributed by atoms with Gasteiger partial charge in [-0.1, -0.05) is 42.5 Å². The molecular weight excluding hydrogens is 364 g/mol. The Balaban J connectivity index is 1.58. The first kappa shape index (κ1) is 18.5. The Bertz CT molecular complexity index is 865. The number of hydrogen-bond acceptors (Lipinski definition) is 5. The summed E-state index contributed by atoms with van der Waals surface area (Å²) in [6, 6.07) is 17.9. The SMILES string of the molecule is COc1cccc(-c2csc(NC(=O)C(C)SCc3ccccc3)n2)c1. The fourth-order valence-electron chi connectivity index (χ4n) is 2.32. The smallest absolute Gasteiger partial charge is 0.238 e. The Hall–Kier alpha value is -2.31. The second kappa shape index (κ2) is 8.87. The molecular formula is C20H20N2O2S2. The third-order valence-corrected chi connectivity index (χ3v) is 5.78. The molecule has 1 heterocycles. The van der Waals surface area contributed by atoms with E-state index in [0.29, 0.717) is 5.13 Å². The molecule has 1 atom stereocenters. The average molecular weight is 385 g/mol. The summed E-state index contributed by atoms with van der Waals surface area (Å²) in [5, 5.41) is 5.31. The van der Waals surface area contributed by atoms with Gasteiger partial charge in [0.05, 0.1) is 18.1 Å². The van der Waals surface area contributed by atoms with Crippen molar-refractivity contribution in [3.05, 3.63) is 65.5 Å². The van der Waals surface area contributed by atoms with Gasteiger partial charge in [0.25, 0.3) is 0 Å². The molecule has 1 aromatic heterocycles. The van der Waals surface area contributed by atoms with Gasteiger partial charge in [0, 0.05) is 16.7 Å². The number of carbonyl (C=O) groups is 1. The summed E-state index contributed by atoms with van der Waals surface area (Å²) >= 11 is 3.04. The number of benzene rings is 2. The van der Waals surface area contributed by atoms with Gasteiger partial charge >= 0.3 is 0 Å². The van der Waals surface area contributed by atoms with E-state index in [2.05, 4.69) is 22.4 Å². The Kier molecular flexibility index (Phi) is 6.30. The van der Waals surface area contributed by atoms with Gasteiger partial charge in [-0.15, -0.1) is 23.1 Å². The maximum absolute atomic E-state index is 12.4. The Morgan fingerprint density at radius 1 is 1.23 bits per heavy atom. The summed E-state index contributed by atoms with van der Waals surface area (Å²) in [5.41, 5.74) is 3.01. The summed E-state index contributed by atoms with van der Waals surface area (Å²) in [7, 11) is 1.64. The van der Waals surface area contributed by atoms with E-state index in [1.54, 1.807) is 18.9 Å². The standard InChI is InChI=1S/C20H20N2O2S2/c1-14(25-12-15-7-4-3-5-8-15)19(23)22-20-21-18(13-26-20)16-9-6-10-17(11-16)24-2/h3-11,13-14H,12H2,1-2H3,(H,21,22,23). The monoisotopic (exact) mass is 384 g/mol. The number of hydrogen-bond donors (Lipinski definition) is 1. The highest BCUT2D eigenvalue weighted by Gasteiger charge is 2.15. The van der Waals surface area contributed by atoms with Gasteiger partial charge in [0.15, 0.2) is 5.13 Å². The number of rotatable bonds is 7. The van der Waals surface area contributed by atoms with Crippen LogP contribution in [0.5, 0.6) is 5.75 Å². The third kappa shape index (κ3) is 4.86. The zero-order valence-electron chi connectivity index (χ0n) is 14.6. The number of carbonyl (C=O) groups excluding carboxylic acids is 1. The molecule has 6 heteroatoms. The van der Waals surface area contributed by atoms with Gasteiger partial charge in [-0.3, -0.25) is 4.79 Å². The zero-order chi connectivity index (χ0) is 18.4. The van der Waals surface area contributed by atoms with Crippen LogP contribution in [0.1, 0.15) is 12.5 Å². The molecule has 0 aliphatic carbocycles. The first-order chi connectivity index (χ1) is 12.7. The lowest BCUT2D eigenvalue weighted by Crippen LogP contribution is -2.22. The lowest BCUT2D eigenvalue weighted by Gasteiger charge is -2.10. The summed E-state index contributed by atoms with van der Waals surface area (Å²) < 4.78 is 5.25. The maximum atomic E-state index is 12.4. The molecule has 1 unspecified atom stereocenters. The van der Waals surface area contributed by atoms with E-state index >= 15 is 0 Å². The fraction of sp³-hybridized carbons (Fsp3) is 0.200. The number of nitrogens with zero attached hydrogens (tertiary/aromatic N) is 1. The molecule has 0 radical (unpaired) electrons. The Labute approximate surface area is 161 Å². The van der Waals surface area contributed by atoms with Crippen molar-refractivity contribution in [3.63, 3.8) is 0 Å². The number of amides is 1. The number of thiazole rings is 1. The Morgan fingerprint density at radius 3 is 2.81 bits per heavy atom. The van der Waals surface area contributed by atoms with Crippen molar-refractivity contribution in [2.24, 2.45) is 0 Å². The van der Waals surface area contributed by atoms with Crippen LogP contribution in [0, 0.1) is 0 Å². The van der Waals surface area contributed by atoms with E-state index in [0.717, 1.165) is 22.8 Å². The zero-order valence-corrected chi connectivity index (χ0v) is 16.3. The molecule has 26 heavy (non-hydrogen) atoms. The quantitative estimate of drug-likeness (QED) is 0.617. The van der Waals surface area contributed by atoms with E-state index in [4.69, 9.17) is 4.74 Å². The van der Waals surface area contributed by atoms with Crippen LogP contribution in [0.4, 0.5) is 5.13 Å². The second-order valence-electron chi connectivity index (χ2n) is 5.70. The predicted molar refractivity (Wildman–Crippen MR) is 110 cm³/mol. The van der Waals surface area contributed by atoms with E-state index in [-0.39, 0.29) is 11.2 Å². The second-order valence-corrected chi connectivity index (χ2v) is 7.89. The van der Waals surface area contributed by atoms with Crippen molar-refractivity contribution < 1.29 is 9.53 Å². The molecule has 0 saturated heterocycles. The molecule has 1 amide bonds. The lowest BCUT2D eigenvalue weighted by molar-refractivity contribution is -0.115. The van der Waals surface area contributed by atoms with Gasteiger partial charge in [-0.25, -0.2) is 4.98 Å². The number of nitrogens with one attached hydrogen (secondary N) is 1. The molecule has 0 spiro atoms. The molecule has 3 aromatic rings. The molecule has 0 fully saturated rings. The highest BCUT2D eigenvalue weighted by atomic mass is 32.2. The number of thioether (sulfide) groups is 1. The predicted octanol–water partition coefficient (Wildman–Crippen LogP) is 5.08. The lowest BCUT2D eigenvalue weighted by atomic mass is 10.2. The first-order valence-electron chi connectivity index (χ1n) is 8.22. The number of anilines is 1. The molecule has 0 bridgehead atoms. The normalized spacial score (nSPS) is 11.8. The van der Waals surface area contributed by atoms with Crippen LogP contribution in [-0.4, -0.2) is 23.3 Å². The first-order valence-corrected chi connectivity index (χ1v) is 10.1. The minimum absolute atomic E-state index is 0.0301. The van der Waals surface area contributed by atoms with Crippen LogP contribution in [0.3, 0.4) is 0 Å². The molecule has 1 N–H and O–H groups in total. The number of aromatic nitrogens is 1. The topological polar surface area (TPSA) is 51.2 Å². The molecule has 3 rings (SSSR count). The largest absolute Gasteiger partial charge is 0.497 e.